The number of ether oxygens (including phenoxy) is 1. The molecule has 0 aliphatic heterocycles. The van der Waals surface area contributed by atoms with Gasteiger partial charge in [-0.2, -0.15) is 0 Å². The van der Waals surface area contributed by atoms with Crippen LogP contribution in [0, 0.1) is 35.5 Å². The Morgan fingerprint density at radius 3 is 2.03 bits per heavy atom. The van der Waals surface area contributed by atoms with Gasteiger partial charge in [-0.05, 0) is 80.5 Å². The Morgan fingerprint density at radius 2 is 1.48 bits per heavy atom. The number of unbranched alkanes of at least 4 members (excludes halogenated alkanes) is 1. The van der Waals surface area contributed by atoms with Crippen LogP contribution < -0.4 is 4.74 Å². The third-order valence-corrected chi connectivity index (χ3v) is 6.80. The Morgan fingerprint density at radius 1 is 0.897 bits per heavy atom. The highest BCUT2D eigenvalue weighted by atomic mass is 19.4. The SMILES string of the molecule is CCCC[C@H]1CC[C@H]([C@H]2CC[C@H](C#Cc3ccc(OC(F)(F)F)cc3)CC2)CC1. The molecule has 2 saturated carbocycles. The maximum atomic E-state index is 12.2. The van der Waals surface area contributed by atoms with Crippen LogP contribution in [0.15, 0.2) is 24.3 Å². The second kappa shape index (κ2) is 10.4. The molecule has 2 aliphatic carbocycles. The van der Waals surface area contributed by atoms with Crippen molar-refractivity contribution >= 4 is 0 Å². The summed E-state index contributed by atoms with van der Waals surface area (Å²) in [5.41, 5.74) is 0.743. The first kappa shape index (κ1) is 22.1. The first-order valence-corrected chi connectivity index (χ1v) is 11.3. The lowest BCUT2D eigenvalue weighted by molar-refractivity contribution is -0.274. The molecule has 0 saturated heterocycles. The van der Waals surface area contributed by atoms with E-state index in [2.05, 4.69) is 23.5 Å². The molecule has 2 aliphatic rings. The van der Waals surface area contributed by atoms with Gasteiger partial charge < -0.3 is 4.74 Å². The third kappa shape index (κ3) is 7.28. The number of benzene rings is 1. The minimum atomic E-state index is -4.65. The Hall–Kier alpha value is -1.63. The molecule has 0 unspecified atom stereocenters. The second-order valence-corrected chi connectivity index (χ2v) is 8.88. The average Bonchev–Trinajstić information content (AvgIpc) is 2.71. The van der Waals surface area contributed by atoms with E-state index in [9.17, 15) is 13.2 Å². The zero-order valence-electron chi connectivity index (χ0n) is 17.4. The van der Waals surface area contributed by atoms with Gasteiger partial charge in [-0.25, -0.2) is 0 Å². The van der Waals surface area contributed by atoms with Crippen LogP contribution >= 0.6 is 0 Å². The molecule has 1 aromatic rings. The monoisotopic (exact) mass is 406 g/mol. The fourth-order valence-corrected chi connectivity index (χ4v) is 5.10. The molecule has 0 heterocycles. The molecule has 4 heteroatoms. The number of halogens is 3. The third-order valence-electron chi connectivity index (χ3n) is 6.80. The highest BCUT2D eigenvalue weighted by Crippen LogP contribution is 2.42. The number of alkyl halides is 3. The lowest BCUT2D eigenvalue weighted by atomic mass is 9.69. The van der Waals surface area contributed by atoms with Crippen LogP contribution in [0.3, 0.4) is 0 Å². The maximum absolute atomic E-state index is 12.2. The molecule has 2 fully saturated rings. The van der Waals surface area contributed by atoms with Gasteiger partial charge in [0.05, 0.1) is 0 Å². The molecule has 0 amide bonds. The molecule has 0 N–H and O–H groups in total. The molecule has 160 valence electrons. The van der Waals surface area contributed by atoms with Gasteiger partial charge >= 0.3 is 6.36 Å². The van der Waals surface area contributed by atoms with Crippen LogP contribution in [0.2, 0.25) is 0 Å². The first-order chi connectivity index (χ1) is 13.9. The first-order valence-electron chi connectivity index (χ1n) is 11.3. The highest BCUT2D eigenvalue weighted by molar-refractivity contribution is 5.38. The Kier molecular flexibility index (Phi) is 7.92. The van der Waals surface area contributed by atoms with E-state index in [1.807, 2.05) is 0 Å². The maximum Gasteiger partial charge on any atom is 0.573 e. The quantitative estimate of drug-likeness (QED) is 0.454. The Bertz CT molecular complexity index is 667. The molecule has 3 rings (SSSR count). The molecular formula is C25H33F3O. The van der Waals surface area contributed by atoms with Crippen molar-refractivity contribution in [3.8, 4) is 17.6 Å². The van der Waals surface area contributed by atoms with E-state index in [4.69, 9.17) is 0 Å². The highest BCUT2D eigenvalue weighted by Gasteiger charge is 2.31. The predicted octanol–water partition coefficient (Wildman–Crippen LogP) is 7.74. The topological polar surface area (TPSA) is 9.23 Å². The van der Waals surface area contributed by atoms with Crippen LogP contribution in [0.25, 0.3) is 0 Å². The molecule has 0 spiro atoms. The van der Waals surface area contributed by atoms with E-state index < -0.39 is 6.36 Å². The smallest absolute Gasteiger partial charge is 0.406 e. The van der Waals surface area contributed by atoms with Crippen molar-refractivity contribution in [2.24, 2.45) is 23.7 Å². The molecule has 0 atom stereocenters. The van der Waals surface area contributed by atoms with Crippen molar-refractivity contribution in [1.29, 1.82) is 0 Å². The fraction of sp³-hybridized carbons (Fsp3) is 0.680. The van der Waals surface area contributed by atoms with Gasteiger partial charge in [0.25, 0.3) is 0 Å². The van der Waals surface area contributed by atoms with E-state index in [1.165, 1.54) is 69.9 Å². The number of hydrogen-bond acceptors (Lipinski definition) is 1. The van der Waals surface area contributed by atoms with Crippen molar-refractivity contribution < 1.29 is 17.9 Å². The molecule has 0 aromatic heterocycles. The summed E-state index contributed by atoms with van der Waals surface area (Å²) in [6.07, 6.45) is 10.0. The molecule has 29 heavy (non-hydrogen) atoms. The average molecular weight is 407 g/mol. The standard InChI is InChI=1S/C25H33F3O/c1-2-3-4-19-7-13-22(14-8-19)23-15-9-20(10-16-23)5-6-21-11-17-24(18-12-21)29-25(26,27)28/h11-12,17-20,22-23H,2-4,7-10,13-16H2,1H3/t19-,20-,22-,23-. The largest absolute Gasteiger partial charge is 0.573 e. The van der Waals surface area contributed by atoms with Crippen LogP contribution in [-0.2, 0) is 0 Å². The summed E-state index contributed by atoms with van der Waals surface area (Å²) in [6.45, 7) is 2.28. The molecule has 0 bridgehead atoms. The van der Waals surface area contributed by atoms with Crippen LogP contribution in [-0.4, -0.2) is 6.36 Å². The van der Waals surface area contributed by atoms with Gasteiger partial charge in [0.15, 0.2) is 0 Å². The summed E-state index contributed by atoms with van der Waals surface area (Å²) in [6, 6.07) is 5.84. The summed E-state index contributed by atoms with van der Waals surface area (Å²) >= 11 is 0. The normalized spacial score (nSPS) is 27.7. The Balaban J connectivity index is 1.42. The minimum absolute atomic E-state index is 0.201. The lowest BCUT2D eigenvalue weighted by Gasteiger charge is -2.37. The summed E-state index contributed by atoms with van der Waals surface area (Å²) in [7, 11) is 0. The van der Waals surface area contributed by atoms with Crippen molar-refractivity contribution in [2.75, 3.05) is 0 Å². The molecule has 1 aromatic carbocycles. The summed E-state index contributed by atoms with van der Waals surface area (Å²) in [5.74, 6) is 9.46. The number of hydrogen-bond donors (Lipinski definition) is 0. The van der Waals surface area contributed by atoms with E-state index in [-0.39, 0.29) is 5.75 Å². The van der Waals surface area contributed by atoms with Gasteiger partial charge in [-0.3, -0.25) is 0 Å². The van der Waals surface area contributed by atoms with Gasteiger partial charge in [-0.15, -0.1) is 13.2 Å². The molecular weight excluding hydrogens is 373 g/mol. The minimum Gasteiger partial charge on any atom is -0.406 e. The van der Waals surface area contributed by atoms with E-state index in [0.29, 0.717) is 5.92 Å². The van der Waals surface area contributed by atoms with Crippen LogP contribution in [0.5, 0.6) is 5.75 Å². The zero-order valence-corrected chi connectivity index (χ0v) is 17.4. The van der Waals surface area contributed by atoms with Crippen molar-refractivity contribution in [3.05, 3.63) is 29.8 Å². The van der Waals surface area contributed by atoms with Crippen LogP contribution in [0.4, 0.5) is 13.2 Å². The zero-order chi connectivity index (χ0) is 20.7. The van der Waals surface area contributed by atoms with E-state index in [0.717, 1.165) is 36.2 Å². The van der Waals surface area contributed by atoms with Crippen LogP contribution in [0.1, 0.15) is 83.1 Å². The lowest BCUT2D eigenvalue weighted by Crippen LogP contribution is -2.25. The summed E-state index contributed by atoms with van der Waals surface area (Å²) in [5, 5.41) is 0. The van der Waals surface area contributed by atoms with Crippen molar-refractivity contribution in [1.82, 2.24) is 0 Å². The number of rotatable bonds is 5. The van der Waals surface area contributed by atoms with Gasteiger partial charge in [0.2, 0.25) is 0 Å². The second-order valence-electron chi connectivity index (χ2n) is 8.88. The summed E-state index contributed by atoms with van der Waals surface area (Å²) < 4.78 is 40.5. The molecule has 0 radical (unpaired) electrons. The van der Waals surface area contributed by atoms with Gasteiger partial charge in [-0.1, -0.05) is 50.9 Å². The van der Waals surface area contributed by atoms with E-state index >= 15 is 0 Å². The molecule has 1 nitrogen and oxygen atoms in total. The summed E-state index contributed by atoms with van der Waals surface area (Å²) in [4.78, 5) is 0. The van der Waals surface area contributed by atoms with E-state index in [1.54, 1.807) is 12.1 Å². The fourth-order valence-electron chi connectivity index (χ4n) is 5.10. The van der Waals surface area contributed by atoms with Crippen molar-refractivity contribution in [3.63, 3.8) is 0 Å². The Labute approximate surface area is 173 Å². The van der Waals surface area contributed by atoms with Gasteiger partial charge in [0, 0.05) is 11.5 Å². The van der Waals surface area contributed by atoms with Gasteiger partial charge in [0.1, 0.15) is 5.75 Å². The predicted molar refractivity (Wildman–Crippen MR) is 110 cm³/mol. The van der Waals surface area contributed by atoms with Crippen molar-refractivity contribution in [2.45, 2.75) is 83.9 Å².